The van der Waals surface area contributed by atoms with Gasteiger partial charge in [0.25, 0.3) is 0 Å². The van der Waals surface area contributed by atoms with E-state index < -0.39 is 0 Å². The minimum Gasteiger partial charge on any atom is -0.319 e. The number of rotatable bonds is 5. The van der Waals surface area contributed by atoms with E-state index in [9.17, 15) is 4.39 Å². The number of nitrogens with one attached hydrogen (secondary N) is 1. The molecule has 2 aromatic carbocycles. The first-order chi connectivity index (χ1) is 9.60. The van der Waals surface area contributed by atoms with Crippen molar-refractivity contribution in [1.82, 2.24) is 5.32 Å². The zero-order valence-corrected chi connectivity index (χ0v) is 12.7. The molecule has 1 atom stereocenters. The van der Waals surface area contributed by atoms with Crippen molar-refractivity contribution < 1.29 is 4.39 Å². The molecule has 0 spiro atoms. The Kier molecular flexibility index (Phi) is 5.41. The van der Waals surface area contributed by atoms with Gasteiger partial charge in [0.05, 0.1) is 0 Å². The maximum absolute atomic E-state index is 13.8. The Labute approximate surface area is 128 Å². The highest BCUT2D eigenvalue weighted by atomic mass is 35.5. The highest BCUT2D eigenvalue weighted by Crippen LogP contribution is 2.25. The fourth-order valence-electron chi connectivity index (χ4n) is 2.25. The van der Waals surface area contributed by atoms with Gasteiger partial charge in [-0.1, -0.05) is 35.3 Å². The SMILES string of the molecule is CNCC(Cc1cc(Cl)ccc1F)c1ccc(Cl)cc1. The van der Waals surface area contributed by atoms with Crippen molar-refractivity contribution in [2.45, 2.75) is 12.3 Å². The normalized spacial score (nSPS) is 12.4. The molecule has 1 unspecified atom stereocenters. The average Bonchev–Trinajstić information content (AvgIpc) is 2.43. The summed E-state index contributed by atoms with van der Waals surface area (Å²) in [6, 6.07) is 12.3. The number of hydrogen-bond acceptors (Lipinski definition) is 1. The van der Waals surface area contributed by atoms with Crippen molar-refractivity contribution in [3.63, 3.8) is 0 Å². The zero-order valence-electron chi connectivity index (χ0n) is 11.2. The topological polar surface area (TPSA) is 12.0 Å². The van der Waals surface area contributed by atoms with E-state index in [0.717, 1.165) is 12.1 Å². The molecular weight excluding hydrogens is 296 g/mol. The third-order valence-corrected chi connectivity index (χ3v) is 3.75. The predicted molar refractivity (Wildman–Crippen MR) is 83.2 cm³/mol. The van der Waals surface area contributed by atoms with Crippen LogP contribution in [0.3, 0.4) is 0 Å². The lowest BCUT2D eigenvalue weighted by Crippen LogP contribution is -2.19. The van der Waals surface area contributed by atoms with E-state index in [4.69, 9.17) is 23.2 Å². The van der Waals surface area contributed by atoms with Crippen molar-refractivity contribution in [2.24, 2.45) is 0 Å². The second-order valence-corrected chi connectivity index (χ2v) is 5.62. The van der Waals surface area contributed by atoms with E-state index in [-0.39, 0.29) is 11.7 Å². The molecule has 2 rings (SSSR count). The van der Waals surface area contributed by atoms with Crippen LogP contribution in [0.25, 0.3) is 0 Å². The van der Waals surface area contributed by atoms with E-state index in [2.05, 4.69) is 5.32 Å². The maximum atomic E-state index is 13.8. The summed E-state index contributed by atoms with van der Waals surface area (Å²) >= 11 is 11.9. The Morgan fingerprint density at radius 2 is 1.70 bits per heavy atom. The van der Waals surface area contributed by atoms with Gasteiger partial charge in [0.1, 0.15) is 5.82 Å². The molecule has 0 heterocycles. The van der Waals surface area contributed by atoms with Gasteiger partial charge in [-0.3, -0.25) is 0 Å². The molecule has 1 N–H and O–H groups in total. The summed E-state index contributed by atoms with van der Waals surface area (Å²) in [5.74, 6) is -0.0466. The highest BCUT2D eigenvalue weighted by Gasteiger charge is 2.14. The standard InChI is InChI=1S/C16H16Cl2FN/c1-20-10-13(11-2-4-14(17)5-3-11)8-12-9-15(18)6-7-16(12)19/h2-7,9,13,20H,8,10H2,1H3. The monoisotopic (exact) mass is 311 g/mol. The summed E-state index contributed by atoms with van der Waals surface area (Å²) in [6.07, 6.45) is 0.592. The summed E-state index contributed by atoms with van der Waals surface area (Å²) in [4.78, 5) is 0. The number of halogens is 3. The molecule has 0 aliphatic rings. The van der Waals surface area contributed by atoms with Crippen LogP contribution in [0.4, 0.5) is 4.39 Å². The molecule has 20 heavy (non-hydrogen) atoms. The molecule has 4 heteroatoms. The van der Waals surface area contributed by atoms with Crippen LogP contribution in [-0.2, 0) is 6.42 Å². The van der Waals surface area contributed by atoms with Crippen molar-refractivity contribution in [2.75, 3.05) is 13.6 Å². The number of benzene rings is 2. The van der Waals surface area contributed by atoms with Gasteiger partial charge in [-0.15, -0.1) is 0 Å². The van der Waals surface area contributed by atoms with Crippen LogP contribution < -0.4 is 5.32 Å². The van der Waals surface area contributed by atoms with Crippen LogP contribution in [0.2, 0.25) is 10.0 Å². The molecular formula is C16H16Cl2FN. The van der Waals surface area contributed by atoms with Crippen LogP contribution in [0.1, 0.15) is 17.0 Å². The molecule has 0 fully saturated rings. The molecule has 0 saturated heterocycles. The van der Waals surface area contributed by atoms with Gasteiger partial charge in [-0.05, 0) is 54.9 Å². The summed E-state index contributed by atoms with van der Waals surface area (Å²) in [6.45, 7) is 0.758. The quantitative estimate of drug-likeness (QED) is 0.845. The molecule has 1 nitrogen and oxygen atoms in total. The van der Waals surface area contributed by atoms with Crippen molar-refractivity contribution in [3.8, 4) is 0 Å². The fourth-order valence-corrected chi connectivity index (χ4v) is 2.58. The Hall–Kier alpha value is -1.09. The Morgan fingerprint density at radius 1 is 1.05 bits per heavy atom. The molecule has 0 aliphatic carbocycles. The van der Waals surface area contributed by atoms with Gasteiger partial charge >= 0.3 is 0 Å². The largest absolute Gasteiger partial charge is 0.319 e. The van der Waals surface area contributed by atoms with Gasteiger partial charge in [0.15, 0.2) is 0 Å². The van der Waals surface area contributed by atoms with Crippen molar-refractivity contribution in [1.29, 1.82) is 0 Å². The summed E-state index contributed by atoms with van der Waals surface area (Å²) in [5.41, 5.74) is 1.76. The van der Waals surface area contributed by atoms with E-state index in [1.165, 1.54) is 6.07 Å². The number of likely N-dealkylation sites (N-methyl/N-ethyl adjacent to an activating group) is 1. The van der Waals surface area contributed by atoms with E-state index in [0.29, 0.717) is 22.0 Å². The van der Waals surface area contributed by atoms with E-state index in [1.54, 1.807) is 12.1 Å². The molecule has 0 amide bonds. The molecule has 0 aliphatic heterocycles. The molecule has 0 aromatic heterocycles. The molecule has 106 valence electrons. The van der Waals surface area contributed by atoms with Gasteiger partial charge in [0, 0.05) is 22.5 Å². The summed E-state index contributed by atoms with van der Waals surface area (Å²) in [5, 5.41) is 4.40. The summed E-state index contributed by atoms with van der Waals surface area (Å²) in [7, 11) is 1.89. The minimum atomic E-state index is -0.218. The third-order valence-electron chi connectivity index (χ3n) is 3.27. The van der Waals surface area contributed by atoms with Crippen LogP contribution >= 0.6 is 23.2 Å². The summed E-state index contributed by atoms with van der Waals surface area (Å²) < 4.78 is 13.8. The fraction of sp³-hybridized carbons (Fsp3) is 0.250. The van der Waals surface area contributed by atoms with Crippen LogP contribution in [0, 0.1) is 5.82 Å². The second kappa shape index (κ2) is 7.07. The maximum Gasteiger partial charge on any atom is 0.126 e. The van der Waals surface area contributed by atoms with Crippen LogP contribution in [0.5, 0.6) is 0 Å². The Balaban J connectivity index is 2.25. The van der Waals surface area contributed by atoms with Crippen LogP contribution in [-0.4, -0.2) is 13.6 Å². The van der Waals surface area contributed by atoms with Crippen molar-refractivity contribution >= 4 is 23.2 Å². The lowest BCUT2D eigenvalue weighted by atomic mass is 9.91. The molecule has 2 aromatic rings. The minimum absolute atomic E-state index is 0.172. The Bertz CT molecular complexity index is 569. The Morgan fingerprint density at radius 3 is 2.35 bits per heavy atom. The molecule has 0 saturated carbocycles. The lowest BCUT2D eigenvalue weighted by molar-refractivity contribution is 0.574. The van der Waals surface area contributed by atoms with Crippen molar-refractivity contribution in [3.05, 3.63) is 69.5 Å². The zero-order chi connectivity index (χ0) is 14.5. The van der Waals surface area contributed by atoms with E-state index >= 15 is 0 Å². The third kappa shape index (κ3) is 3.95. The highest BCUT2D eigenvalue weighted by molar-refractivity contribution is 6.30. The van der Waals surface area contributed by atoms with Gasteiger partial charge in [0.2, 0.25) is 0 Å². The average molecular weight is 312 g/mol. The van der Waals surface area contributed by atoms with Gasteiger partial charge in [-0.25, -0.2) is 4.39 Å². The molecule has 0 bridgehead atoms. The second-order valence-electron chi connectivity index (χ2n) is 4.75. The van der Waals surface area contributed by atoms with Gasteiger partial charge < -0.3 is 5.32 Å². The van der Waals surface area contributed by atoms with Crippen LogP contribution in [0.15, 0.2) is 42.5 Å². The number of hydrogen-bond donors (Lipinski definition) is 1. The van der Waals surface area contributed by atoms with Gasteiger partial charge in [-0.2, -0.15) is 0 Å². The lowest BCUT2D eigenvalue weighted by Gasteiger charge is -2.18. The predicted octanol–water partition coefficient (Wildman–Crippen LogP) is 4.68. The van der Waals surface area contributed by atoms with E-state index in [1.807, 2.05) is 31.3 Å². The molecule has 0 radical (unpaired) electrons. The first kappa shape index (κ1) is 15.3. The first-order valence-electron chi connectivity index (χ1n) is 6.44. The first-order valence-corrected chi connectivity index (χ1v) is 7.19. The smallest absolute Gasteiger partial charge is 0.126 e.